The fraction of sp³-hybridized carbons (Fsp3) is 0.538. The van der Waals surface area contributed by atoms with E-state index >= 15 is 0 Å². The smallest absolute Gasteiger partial charge is 0.0434 e. The molecule has 0 spiro atoms. The van der Waals surface area contributed by atoms with Gasteiger partial charge in [0, 0.05) is 14.6 Å². The molecule has 0 aliphatic heterocycles. The topological polar surface area (TPSA) is 46.2 Å². The molecule has 0 radical (unpaired) electrons. The lowest BCUT2D eigenvalue weighted by Crippen LogP contribution is -1.97. The number of benzene rings is 1. The molecule has 0 aliphatic rings. The SMILES string of the molecule is CCC.NCc1cccc(CCCO)c1.[HH]. The van der Waals surface area contributed by atoms with Gasteiger partial charge in [0.15, 0.2) is 0 Å². The standard InChI is InChI=1S/C10H15NO.C3H8.H2/c11-8-10-4-1-3-9(7-10)5-2-6-12;1-3-2;/h1,3-4,7,12H,2,5-6,8,11H2;3H2,1-2H3;1H. The van der Waals surface area contributed by atoms with Gasteiger partial charge in [-0.2, -0.15) is 0 Å². The van der Waals surface area contributed by atoms with Crippen molar-refractivity contribution in [2.24, 2.45) is 5.73 Å². The van der Waals surface area contributed by atoms with Crippen LogP contribution >= 0.6 is 0 Å². The average Bonchev–Trinajstić information content (AvgIpc) is 2.28. The number of nitrogens with two attached hydrogens (primary N) is 1. The molecule has 1 rings (SSSR count). The van der Waals surface area contributed by atoms with E-state index in [9.17, 15) is 0 Å². The van der Waals surface area contributed by atoms with E-state index < -0.39 is 0 Å². The normalized spacial score (nSPS) is 9.33. The van der Waals surface area contributed by atoms with Gasteiger partial charge < -0.3 is 10.8 Å². The molecule has 2 heteroatoms. The van der Waals surface area contributed by atoms with Gasteiger partial charge in [0.1, 0.15) is 0 Å². The van der Waals surface area contributed by atoms with Crippen molar-refractivity contribution in [3.05, 3.63) is 35.4 Å². The summed E-state index contributed by atoms with van der Waals surface area (Å²) >= 11 is 0. The van der Waals surface area contributed by atoms with E-state index in [-0.39, 0.29) is 8.03 Å². The summed E-state index contributed by atoms with van der Waals surface area (Å²) in [4.78, 5) is 0. The summed E-state index contributed by atoms with van der Waals surface area (Å²) in [6, 6.07) is 8.18. The van der Waals surface area contributed by atoms with Crippen LogP contribution in [0, 0.1) is 0 Å². The molecule has 0 aliphatic carbocycles. The minimum absolute atomic E-state index is 0. The molecule has 0 saturated heterocycles. The van der Waals surface area contributed by atoms with Gasteiger partial charge >= 0.3 is 0 Å². The maximum Gasteiger partial charge on any atom is 0.0434 e. The van der Waals surface area contributed by atoms with Gasteiger partial charge in [-0.1, -0.05) is 44.5 Å². The van der Waals surface area contributed by atoms with Crippen molar-refractivity contribution in [2.45, 2.75) is 39.7 Å². The third kappa shape index (κ3) is 7.11. The number of hydrogen-bond donors (Lipinski definition) is 2. The lowest BCUT2D eigenvalue weighted by molar-refractivity contribution is 0.288. The largest absolute Gasteiger partial charge is 0.396 e. The molecule has 0 bridgehead atoms. The first-order valence-corrected chi connectivity index (χ1v) is 5.67. The maximum absolute atomic E-state index is 8.63. The molecule has 0 amide bonds. The van der Waals surface area contributed by atoms with E-state index in [0.29, 0.717) is 6.54 Å². The predicted octanol–water partition coefficient (Wildman–Crippen LogP) is 2.73. The van der Waals surface area contributed by atoms with Crippen LogP contribution in [0.1, 0.15) is 39.2 Å². The lowest BCUT2D eigenvalue weighted by atomic mass is 10.1. The fourth-order valence-corrected chi connectivity index (χ4v) is 1.20. The summed E-state index contributed by atoms with van der Waals surface area (Å²) in [5, 5.41) is 8.63. The Bertz CT molecular complexity index is 253. The molecule has 88 valence electrons. The van der Waals surface area contributed by atoms with Gasteiger partial charge in [0.05, 0.1) is 0 Å². The molecule has 0 atom stereocenters. The van der Waals surface area contributed by atoms with E-state index in [2.05, 4.69) is 26.0 Å². The molecule has 0 fully saturated rings. The molecular formula is C13H25NO. The van der Waals surface area contributed by atoms with E-state index in [4.69, 9.17) is 10.8 Å². The third-order valence-corrected chi connectivity index (χ3v) is 1.85. The highest BCUT2D eigenvalue weighted by molar-refractivity contribution is 5.23. The van der Waals surface area contributed by atoms with Crippen molar-refractivity contribution in [1.29, 1.82) is 0 Å². The average molecular weight is 211 g/mol. The first-order valence-electron chi connectivity index (χ1n) is 5.67. The molecular weight excluding hydrogens is 186 g/mol. The zero-order valence-corrected chi connectivity index (χ0v) is 9.87. The van der Waals surface area contributed by atoms with Crippen LogP contribution in [-0.4, -0.2) is 11.7 Å². The maximum atomic E-state index is 8.63. The molecule has 15 heavy (non-hydrogen) atoms. The predicted molar refractivity (Wildman–Crippen MR) is 67.8 cm³/mol. The van der Waals surface area contributed by atoms with Gasteiger partial charge in [-0.15, -0.1) is 0 Å². The van der Waals surface area contributed by atoms with Crippen LogP contribution in [0.5, 0.6) is 0 Å². The van der Waals surface area contributed by atoms with Gasteiger partial charge in [-0.3, -0.25) is 0 Å². The Morgan fingerprint density at radius 2 is 1.87 bits per heavy atom. The lowest BCUT2D eigenvalue weighted by Gasteiger charge is -2.01. The number of aliphatic hydroxyl groups is 1. The zero-order valence-electron chi connectivity index (χ0n) is 9.87. The van der Waals surface area contributed by atoms with Crippen LogP contribution < -0.4 is 5.73 Å². The Morgan fingerprint density at radius 1 is 1.27 bits per heavy atom. The number of rotatable bonds is 4. The molecule has 0 heterocycles. The molecule has 0 aromatic heterocycles. The molecule has 0 saturated carbocycles. The third-order valence-electron chi connectivity index (χ3n) is 1.85. The minimum Gasteiger partial charge on any atom is -0.396 e. The van der Waals surface area contributed by atoms with Gasteiger partial charge in [0.25, 0.3) is 0 Å². The Morgan fingerprint density at radius 3 is 2.40 bits per heavy atom. The zero-order chi connectivity index (χ0) is 11.5. The van der Waals surface area contributed by atoms with Crippen molar-refractivity contribution < 1.29 is 6.53 Å². The number of aryl methyl sites for hydroxylation is 1. The summed E-state index contributed by atoms with van der Waals surface area (Å²) in [7, 11) is 0. The van der Waals surface area contributed by atoms with Crippen LogP contribution in [0.2, 0.25) is 0 Å². The van der Waals surface area contributed by atoms with E-state index in [0.717, 1.165) is 18.4 Å². The number of aliphatic hydroxyl groups excluding tert-OH is 1. The summed E-state index contributed by atoms with van der Waals surface area (Å²) in [6.07, 6.45) is 3.01. The molecule has 0 unspecified atom stereocenters. The molecule has 2 nitrogen and oxygen atoms in total. The second-order valence-corrected chi connectivity index (χ2v) is 3.56. The first kappa shape index (κ1) is 14.1. The Labute approximate surface area is 94.6 Å². The van der Waals surface area contributed by atoms with Gasteiger partial charge in [-0.05, 0) is 24.0 Å². The van der Waals surface area contributed by atoms with Crippen molar-refractivity contribution >= 4 is 0 Å². The molecule has 1 aromatic rings. The quantitative estimate of drug-likeness (QED) is 0.804. The highest BCUT2D eigenvalue weighted by Crippen LogP contribution is 2.06. The second kappa shape index (κ2) is 9.69. The van der Waals surface area contributed by atoms with E-state index in [1.54, 1.807) is 0 Å². The Balaban J connectivity index is 0. The van der Waals surface area contributed by atoms with Gasteiger partial charge in [0.2, 0.25) is 0 Å². The van der Waals surface area contributed by atoms with Crippen LogP contribution in [0.3, 0.4) is 0 Å². The second-order valence-electron chi connectivity index (χ2n) is 3.56. The van der Waals surface area contributed by atoms with E-state index in [1.165, 1.54) is 12.0 Å². The number of hydrogen-bond acceptors (Lipinski definition) is 2. The summed E-state index contributed by atoms with van der Waals surface area (Å²) in [5.41, 5.74) is 7.91. The van der Waals surface area contributed by atoms with Crippen molar-refractivity contribution in [3.8, 4) is 0 Å². The summed E-state index contributed by atoms with van der Waals surface area (Å²) in [5.74, 6) is 0. The van der Waals surface area contributed by atoms with Crippen molar-refractivity contribution in [3.63, 3.8) is 0 Å². The molecule has 3 N–H and O–H groups in total. The monoisotopic (exact) mass is 211 g/mol. The Hall–Kier alpha value is -0.860. The van der Waals surface area contributed by atoms with Crippen LogP contribution in [-0.2, 0) is 13.0 Å². The minimum atomic E-state index is 0. The summed E-state index contributed by atoms with van der Waals surface area (Å²) < 4.78 is 0. The van der Waals surface area contributed by atoms with Crippen molar-refractivity contribution in [2.75, 3.05) is 6.61 Å². The van der Waals surface area contributed by atoms with Crippen molar-refractivity contribution in [1.82, 2.24) is 0 Å². The van der Waals surface area contributed by atoms with Crippen LogP contribution in [0.4, 0.5) is 0 Å². The first-order chi connectivity index (χ1) is 7.28. The van der Waals surface area contributed by atoms with E-state index in [1.807, 2.05) is 12.1 Å². The summed E-state index contributed by atoms with van der Waals surface area (Å²) in [6.45, 7) is 5.10. The van der Waals surface area contributed by atoms with Crippen LogP contribution in [0.15, 0.2) is 24.3 Å². The molecule has 1 aromatic carbocycles. The Kier molecular flexibility index (Phi) is 9.13. The van der Waals surface area contributed by atoms with Crippen LogP contribution in [0.25, 0.3) is 0 Å². The fourth-order valence-electron chi connectivity index (χ4n) is 1.20. The highest BCUT2D eigenvalue weighted by Gasteiger charge is 1.93. The highest BCUT2D eigenvalue weighted by atomic mass is 16.2. The van der Waals surface area contributed by atoms with Gasteiger partial charge in [-0.25, -0.2) is 0 Å².